The Morgan fingerprint density at radius 3 is 2.76 bits per heavy atom. The maximum atomic E-state index is 13.9. The van der Waals surface area contributed by atoms with Crippen LogP contribution in [0.1, 0.15) is 37.1 Å². The van der Waals surface area contributed by atoms with Gasteiger partial charge in [-0.25, -0.2) is 8.78 Å². The van der Waals surface area contributed by atoms with Crippen LogP contribution in [0.4, 0.5) is 8.78 Å². The molecule has 1 N–H and O–H groups in total. The van der Waals surface area contributed by atoms with Crippen LogP contribution in [-0.2, 0) is 0 Å². The van der Waals surface area contributed by atoms with E-state index < -0.39 is 11.6 Å². The summed E-state index contributed by atoms with van der Waals surface area (Å²) in [6, 6.07) is 8.67. The van der Waals surface area contributed by atoms with Crippen LogP contribution in [0.15, 0.2) is 30.3 Å². The number of hydrogen-bond acceptors (Lipinski definition) is 2. The first-order valence-corrected chi connectivity index (χ1v) is 8.30. The van der Waals surface area contributed by atoms with Crippen molar-refractivity contribution in [1.82, 2.24) is 5.32 Å². The van der Waals surface area contributed by atoms with Gasteiger partial charge in [0.25, 0.3) is 0 Å². The van der Waals surface area contributed by atoms with Crippen molar-refractivity contribution >= 4 is 11.3 Å². The van der Waals surface area contributed by atoms with Crippen LogP contribution in [0.25, 0.3) is 10.4 Å². The van der Waals surface area contributed by atoms with Gasteiger partial charge in [0.15, 0.2) is 11.6 Å². The summed E-state index contributed by atoms with van der Waals surface area (Å²) in [7, 11) is 0. The molecule has 1 saturated carbocycles. The highest BCUT2D eigenvalue weighted by Crippen LogP contribution is 2.44. The molecule has 1 aromatic heterocycles. The number of rotatable bonds is 6. The Kier molecular flexibility index (Phi) is 4.36. The molecule has 0 radical (unpaired) electrons. The summed E-state index contributed by atoms with van der Waals surface area (Å²) in [6.45, 7) is 3.14. The van der Waals surface area contributed by atoms with Crippen molar-refractivity contribution in [2.75, 3.05) is 6.54 Å². The molecule has 1 fully saturated rings. The summed E-state index contributed by atoms with van der Waals surface area (Å²) in [4.78, 5) is 2.02. The summed E-state index contributed by atoms with van der Waals surface area (Å²) in [6.07, 6.45) is 3.60. The van der Waals surface area contributed by atoms with Gasteiger partial charge in [-0.15, -0.1) is 11.3 Å². The van der Waals surface area contributed by atoms with Crippen LogP contribution in [0.2, 0.25) is 0 Å². The largest absolute Gasteiger partial charge is 0.309 e. The van der Waals surface area contributed by atoms with Crippen molar-refractivity contribution in [3.63, 3.8) is 0 Å². The first-order valence-electron chi connectivity index (χ1n) is 7.48. The molecule has 2 aromatic rings. The topological polar surface area (TPSA) is 12.0 Å². The fraction of sp³-hybridized carbons (Fsp3) is 0.412. The van der Waals surface area contributed by atoms with Gasteiger partial charge in [-0.1, -0.05) is 19.1 Å². The Bertz CT molecular complexity index is 619. The van der Waals surface area contributed by atoms with E-state index in [0.717, 1.165) is 23.9 Å². The van der Waals surface area contributed by atoms with Crippen LogP contribution in [0.5, 0.6) is 0 Å². The molecule has 0 amide bonds. The third kappa shape index (κ3) is 3.16. The summed E-state index contributed by atoms with van der Waals surface area (Å²) < 4.78 is 27.2. The zero-order valence-electron chi connectivity index (χ0n) is 12.0. The molecule has 0 spiro atoms. The Balaban J connectivity index is 1.86. The maximum Gasteiger partial charge on any atom is 0.167 e. The van der Waals surface area contributed by atoms with E-state index in [9.17, 15) is 8.78 Å². The van der Waals surface area contributed by atoms with Gasteiger partial charge in [0.2, 0.25) is 0 Å². The van der Waals surface area contributed by atoms with Gasteiger partial charge in [0.05, 0.1) is 0 Å². The fourth-order valence-corrected chi connectivity index (χ4v) is 3.78. The zero-order chi connectivity index (χ0) is 14.8. The van der Waals surface area contributed by atoms with Gasteiger partial charge >= 0.3 is 0 Å². The molecule has 1 atom stereocenters. The zero-order valence-corrected chi connectivity index (χ0v) is 12.9. The Morgan fingerprint density at radius 2 is 2.05 bits per heavy atom. The lowest BCUT2D eigenvalue weighted by molar-refractivity contribution is 0.488. The average Bonchev–Trinajstić information content (AvgIpc) is 3.20. The summed E-state index contributed by atoms with van der Waals surface area (Å²) in [5.74, 6) is -0.846. The number of thiophene rings is 1. The Labute approximate surface area is 128 Å². The molecule has 1 aliphatic rings. The van der Waals surface area contributed by atoms with Gasteiger partial charge in [-0.3, -0.25) is 0 Å². The third-order valence-corrected chi connectivity index (χ3v) is 5.06. The van der Waals surface area contributed by atoms with Crippen LogP contribution in [-0.4, -0.2) is 6.54 Å². The number of nitrogens with one attached hydrogen (secondary N) is 1. The number of benzene rings is 1. The third-order valence-electron chi connectivity index (χ3n) is 3.86. The first-order chi connectivity index (χ1) is 10.2. The van der Waals surface area contributed by atoms with E-state index in [2.05, 4.69) is 18.3 Å². The standard InChI is InChI=1S/C17H19F2NS/c1-2-10-20-17(11-6-7-11)15-9-8-14(21-15)12-4-3-5-13(18)16(12)19/h3-5,8-9,11,17,20H,2,6-7,10H2,1H3. The number of halogens is 2. The molecule has 1 aliphatic carbocycles. The van der Waals surface area contributed by atoms with Crippen LogP contribution < -0.4 is 5.32 Å². The smallest absolute Gasteiger partial charge is 0.167 e. The SMILES string of the molecule is CCCNC(c1ccc(-c2cccc(F)c2F)s1)C1CC1. The van der Waals surface area contributed by atoms with E-state index in [1.54, 1.807) is 23.5 Å². The van der Waals surface area contributed by atoms with Crippen molar-refractivity contribution in [3.8, 4) is 10.4 Å². The molecular formula is C17H19F2NS. The number of hydrogen-bond donors (Lipinski definition) is 1. The lowest BCUT2D eigenvalue weighted by Gasteiger charge is -2.16. The lowest BCUT2D eigenvalue weighted by atomic mass is 10.1. The molecule has 1 nitrogen and oxygen atoms in total. The van der Waals surface area contributed by atoms with E-state index in [0.29, 0.717) is 17.5 Å². The monoisotopic (exact) mass is 307 g/mol. The summed E-state index contributed by atoms with van der Waals surface area (Å²) >= 11 is 1.57. The predicted octanol–water partition coefficient (Wildman–Crippen LogP) is 5.14. The highest BCUT2D eigenvalue weighted by molar-refractivity contribution is 7.15. The second kappa shape index (κ2) is 6.24. The van der Waals surface area contributed by atoms with E-state index in [4.69, 9.17) is 0 Å². The molecule has 112 valence electrons. The van der Waals surface area contributed by atoms with Gasteiger partial charge in [-0.2, -0.15) is 0 Å². The van der Waals surface area contributed by atoms with Gasteiger partial charge in [-0.05, 0) is 49.9 Å². The van der Waals surface area contributed by atoms with Crippen molar-refractivity contribution in [3.05, 3.63) is 46.8 Å². The van der Waals surface area contributed by atoms with Crippen LogP contribution >= 0.6 is 11.3 Å². The molecule has 0 aliphatic heterocycles. The second-order valence-corrected chi connectivity index (χ2v) is 6.69. The normalized spacial score (nSPS) is 16.1. The molecule has 0 bridgehead atoms. The Hall–Kier alpha value is -1.26. The molecule has 0 saturated heterocycles. The van der Waals surface area contributed by atoms with Crippen LogP contribution in [0.3, 0.4) is 0 Å². The van der Waals surface area contributed by atoms with Crippen molar-refractivity contribution in [1.29, 1.82) is 0 Å². The second-order valence-electron chi connectivity index (χ2n) is 5.57. The summed E-state index contributed by atoms with van der Waals surface area (Å²) in [5, 5.41) is 3.58. The first kappa shape index (κ1) is 14.7. The molecule has 1 unspecified atom stereocenters. The highest BCUT2D eigenvalue weighted by atomic mass is 32.1. The highest BCUT2D eigenvalue weighted by Gasteiger charge is 2.32. The Morgan fingerprint density at radius 1 is 1.24 bits per heavy atom. The van der Waals surface area contributed by atoms with E-state index >= 15 is 0 Å². The van der Waals surface area contributed by atoms with Gasteiger partial charge in [0, 0.05) is 21.4 Å². The van der Waals surface area contributed by atoms with Crippen LogP contribution in [0, 0.1) is 17.6 Å². The molecule has 1 aromatic carbocycles. The molecule has 4 heteroatoms. The lowest BCUT2D eigenvalue weighted by Crippen LogP contribution is -2.22. The quantitative estimate of drug-likeness (QED) is 0.779. The van der Waals surface area contributed by atoms with E-state index in [1.807, 2.05) is 6.07 Å². The minimum Gasteiger partial charge on any atom is -0.309 e. The van der Waals surface area contributed by atoms with Crippen molar-refractivity contribution < 1.29 is 8.78 Å². The van der Waals surface area contributed by atoms with E-state index in [1.165, 1.54) is 17.7 Å². The maximum absolute atomic E-state index is 13.9. The van der Waals surface area contributed by atoms with Crippen molar-refractivity contribution in [2.45, 2.75) is 32.2 Å². The molecular weight excluding hydrogens is 288 g/mol. The van der Waals surface area contributed by atoms with Crippen molar-refractivity contribution in [2.24, 2.45) is 5.92 Å². The fourth-order valence-electron chi connectivity index (χ4n) is 2.59. The predicted molar refractivity (Wildman–Crippen MR) is 83.4 cm³/mol. The van der Waals surface area contributed by atoms with E-state index in [-0.39, 0.29) is 0 Å². The minimum atomic E-state index is -0.787. The average molecular weight is 307 g/mol. The minimum absolute atomic E-state index is 0.358. The molecule has 3 rings (SSSR count). The van der Waals surface area contributed by atoms with Gasteiger partial charge < -0.3 is 5.32 Å². The summed E-state index contributed by atoms with van der Waals surface area (Å²) in [5.41, 5.74) is 0.358. The molecule has 1 heterocycles. The van der Waals surface area contributed by atoms with Gasteiger partial charge in [0.1, 0.15) is 0 Å². The molecule has 21 heavy (non-hydrogen) atoms.